The summed E-state index contributed by atoms with van der Waals surface area (Å²) in [5, 5.41) is 21.7. The minimum absolute atomic E-state index is 0.181. The Morgan fingerprint density at radius 3 is 2.60 bits per heavy atom. The lowest BCUT2D eigenvalue weighted by atomic mass is 10.1. The van der Waals surface area contributed by atoms with Gasteiger partial charge in [-0.1, -0.05) is 28.1 Å². The molecule has 1 atom stereocenters. The number of aromatic hydroxyl groups is 1. The van der Waals surface area contributed by atoms with Gasteiger partial charge in [-0.25, -0.2) is 0 Å². The lowest BCUT2D eigenvalue weighted by molar-refractivity contribution is 0.475. The van der Waals surface area contributed by atoms with Crippen LogP contribution in [0.15, 0.2) is 46.9 Å². The number of nitriles is 1. The summed E-state index contributed by atoms with van der Waals surface area (Å²) in [5.74, 6) is 0.271. The van der Waals surface area contributed by atoms with Gasteiger partial charge in [-0.15, -0.1) is 0 Å². The van der Waals surface area contributed by atoms with Crippen molar-refractivity contribution in [1.82, 2.24) is 0 Å². The van der Waals surface area contributed by atoms with E-state index < -0.39 is 0 Å². The second-order valence-corrected chi connectivity index (χ2v) is 5.63. The molecule has 0 aliphatic rings. The van der Waals surface area contributed by atoms with Crippen LogP contribution in [0, 0.1) is 11.3 Å². The van der Waals surface area contributed by atoms with Crippen LogP contribution in [0.5, 0.6) is 5.75 Å². The van der Waals surface area contributed by atoms with E-state index >= 15 is 0 Å². The average molecular weight is 331 g/mol. The summed E-state index contributed by atoms with van der Waals surface area (Å²) in [6.07, 6.45) is 0.817. The molecule has 0 radical (unpaired) electrons. The molecule has 102 valence electrons. The summed E-state index contributed by atoms with van der Waals surface area (Å²) in [5.41, 5.74) is 2.59. The molecule has 0 aliphatic heterocycles. The summed E-state index contributed by atoms with van der Waals surface area (Å²) in [6, 6.07) is 15.1. The number of nitrogens with zero attached hydrogens (tertiary/aromatic N) is 1. The van der Waals surface area contributed by atoms with Crippen LogP contribution >= 0.6 is 15.9 Å². The van der Waals surface area contributed by atoms with Crippen molar-refractivity contribution in [2.45, 2.75) is 19.4 Å². The highest BCUT2D eigenvalue weighted by atomic mass is 79.9. The molecule has 0 fully saturated rings. The molecule has 0 aromatic heterocycles. The molecule has 0 bridgehead atoms. The Morgan fingerprint density at radius 1 is 1.25 bits per heavy atom. The van der Waals surface area contributed by atoms with Gasteiger partial charge < -0.3 is 10.4 Å². The summed E-state index contributed by atoms with van der Waals surface area (Å²) in [4.78, 5) is 0. The molecule has 0 spiro atoms. The number of anilines is 1. The Kier molecular flexibility index (Phi) is 4.65. The number of hydrogen-bond donors (Lipinski definition) is 2. The van der Waals surface area contributed by atoms with Gasteiger partial charge in [0.05, 0.1) is 11.3 Å². The first kappa shape index (κ1) is 14.4. The van der Waals surface area contributed by atoms with Gasteiger partial charge in [0.1, 0.15) is 11.8 Å². The summed E-state index contributed by atoms with van der Waals surface area (Å²) < 4.78 is 0.941. The van der Waals surface area contributed by atoms with Crippen molar-refractivity contribution in [3.8, 4) is 11.8 Å². The zero-order valence-corrected chi connectivity index (χ0v) is 12.7. The van der Waals surface area contributed by atoms with E-state index in [1.807, 2.05) is 24.3 Å². The standard InChI is InChI=1S/C16H15BrN2O/c1-11(8-12-2-6-15(20)7-3-12)19-16-9-14(17)5-4-13(16)10-18/h2-7,9,11,19-20H,8H2,1H3. The molecule has 2 aromatic carbocycles. The maximum atomic E-state index is 9.27. The number of rotatable bonds is 4. The largest absolute Gasteiger partial charge is 0.508 e. The minimum atomic E-state index is 0.181. The van der Waals surface area contributed by atoms with Gasteiger partial charge in [0.25, 0.3) is 0 Å². The Bertz CT molecular complexity index is 632. The second kappa shape index (κ2) is 6.44. The summed E-state index contributed by atoms with van der Waals surface area (Å²) in [6.45, 7) is 2.06. The molecule has 0 heterocycles. The molecule has 0 aliphatic carbocycles. The van der Waals surface area contributed by atoms with Crippen molar-refractivity contribution in [2.75, 3.05) is 5.32 Å². The van der Waals surface area contributed by atoms with Crippen molar-refractivity contribution >= 4 is 21.6 Å². The van der Waals surface area contributed by atoms with Crippen LogP contribution in [-0.2, 0) is 6.42 Å². The van der Waals surface area contributed by atoms with Gasteiger partial charge in [0.2, 0.25) is 0 Å². The fourth-order valence-corrected chi connectivity index (χ4v) is 2.40. The quantitative estimate of drug-likeness (QED) is 0.888. The molecule has 1 unspecified atom stereocenters. The molecular formula is C16H15BrN2O. The van der Waals surface area contributed by atoms with E-state index in [-0.39, 0.29) is 11.8 Å². The van der Waals surface area contributed by atoms with E-state index in [0.717, 1.165) is 22.1 Å². The maximum Gasteiger partial charge on any atom is 0.115 e. The Balaban J connectivity index is 2.08. The molecule has 20 heavy (non-hydrogen) atoms. The van der Waals surface area contributed by atoms with Gasteiger partial charge in [-0.3, -0.25) is 0 Å². The Hall–Kier alpha value is -1.99. The van der Waals surface area contributed by atoms with Crippen LogP contribution in [0.2, 0.25) is 0 Å². The number of phenols is 1. The lowest BCUT2D eigenvalue weighted by Gasteiger charge is -2.16. The molecule has 2 N–H and O–H groups in total. The summed E-state index contributed by atoms with van der Waals surface area (Å²) in [7, 11) is 0. The normalized spacial score (nSPS) is 11.7. The van der Waals surface area contributed by atoms with Crippen molar-refractivity contribution in [3.05, 3.63) is 58.1 Å². The third-order valence-corrected chi connectivity index (χ3v) is 3.48. The molecule has 2 rings (SSSR count). The molecule has 2 aromatic rings. The predicted octanol–water partition coefficient (Wildman–Crippen LogP) is 4.07. The third-order valence-electron chi connectivity index (χ3n) is 2.98. The molecular weight excluding hydrogens is 316 g/mol. The van der Waals surface area contributed by atoms with E-state index in [2.05, 4.69) is 34.2 Å². The van der Waals surface area contributed by atoms with E-state index in [4.69, 9.17) is 5.26 Å². The maximum absolute atomic E-state index is 9.27. The number of benzene rings is 2. The van der Waals surface area contributed by atoms with Crippen molar-refractivity contribution in [3.63, 3.8) is 0 Å². The molecule has 0 amide bonds. The first-order valence-electron chi connectivity index (χ1n) is 6.32. The smallest absolute Gasteiger partial charge is 0.115 e. The van der Waals surface area contributed by atoms with E-state index in [1.165, 1.54) is 0 Å². The van der Waals surface area contributed by atoms with E-state index in [0.29, 0.717) is 5.56 Å². The van der Waals surface area contributed by atoms with Gasteiger partial charge in [0.15, 0.2) is 0 Å². The van der Waals surface area contributed by atoms with Gasteiger partial charge >= 0.3 is 0 Å². The third kappa shape index (κ3) is 3.75. The van der Waals surface area contributed by atoms with Crippen molar-refractivity contribution < 1.29 is 5.11 Å². The van der Waals surface area contributed by atoms with Crippen LogP contribution in [0.1, 0.15) is 18.1 Å². The zero-order valence-electron chi connectivity index (χ0n) is 11.1. The molecule has 3 nitrogen and oxygen atoms in total. The van der Waals surface area contributed by atoms with E-state index in [9.17, 15) is 5.11 Å². The predicted molar refractivity (Wildman–Crippen MR) is 83.8 cm³/mol. The van der Waals surface area contributed by atoms with Gasteiger partial charge in [0, 0.05) is 10.5 Å². The van der Waals surface area contributed by atoms with E-state index in [1.54, 1.807) is 18.2 Å². The molecule has 0 saturated carbocycles. The first-order valence-corrected chi connectivity index (χ1v) is 7.12. The Labute approximate surface area is 127 Å². The highest BCUT2D eigenvalue weighted by Crippen LogP contribution is 2.22. The minimum Gasteiger partial charge on any atom is -0.508 e. The SMILES string of the molecule is CC(Cc1ccc(O)cc1)Nc1cc(Br)ccc1C#N. The molecule has 4 heteroatoms. The first-order chi connectivity index (χ1) is 9.58. The number of nitrogens with one attached hydrogen (secondary N) is 1. The van der Waals surface area contributed by atoms with Crippen LogP contribution < -0.4 is 5.32 Å². The second-order valence-electron chi connectivity index (χ2n) is 4.72. The molecule has 0 saturated heterocycles. The van der Waals surface area contributed by atoms with Crippen molar-refractivity contribution in [1.29, 1.82) is 5.26 Å². The van der Waals surface area contributed by atoms with Crippen molar-refractivity contribution in [2.24, 2.45) is 0 Å². The van der Waals surface area contributed by atoms with Crippen LogP contribution in [-0.4, -0.2) is 11.1 Å². The number of hydrogen-bond acceptors (Lipinski definition) is 3. The fraction of sp³-hybridized carbons (Fsp3) is 0.188. The highest BCUT2D eigenvalue weighted by molar-refractivity contribution is 9.10. The van der Waals surface area contributed by atoms with Crippen LogP contribution in [0.25, 0.3) is 0 Å². The van der Waals surface area contributed by atoms with Crippen LogP contribution in [0.4, 0.5) is 5.69 Å². The van der Waals surface area contributed by atoms with Gasteiger partial charge in [-0.05, 0) is 49.2 Å². The zero-order chi connectivity index (χ0) is 14.5. The number of halogens is 1. The highest BCUT2D eigenvalue weighted by Gasteiger charge is 2.08. The van der Waals surface area contributed by atoms with Crippen LogP contribution in [0.3, 0.4) is 0 Å². The fourth-order valence-electron chi connectivity index (χ4n) is 2.04. The number of phenolic OH excluding ortho intramolecular Hbond substituents is 1. The van der Waals surface area contributed by atoms with Gasteiger partial charge in [-0.2, -0.15) is 5.26 Å². The Morgan fingerprint density at radius 2 is 1.95 bits per heavy atom. The monoisotopic (exact) mass is 330 g/mol. The average Bonchev–Trinajstić information content (AvgIpc) is 2.41. The lowest BCUT2D eigenvalue weighted by Crippen LogP contribution is -2.18. The summed E-state index contributed by atoms with van der Waals surface area (Å²) >= 11 is 3.41. The topological polar surface area (TPSA) is 56.0 Å².